The average Bonchev–Trinajstić information content (AvgIpc) is 3.33. The minimum atomic E-state index is -4.53. The maximum Gasteiger partial charge on any atom is 0.425 e. The van der Waals surface area contributed by atoms with Gasteiger partial charge in [0.15, 0.2) is 6.10 Å². The summed E-state index contributed by atoms with van der Waals surface area (Å²) in [4.78, 5) is 27.3. The molecule has 9 nitrogen and oxygen atoms in total. The molecule has 4 heterocycles. The lowest BCUT2D eigenvalue weighted by Crippen LogP contribution is -2.31. The lowest BCUT2D eigenvalue weighted by atomic mass is 10.2. The highest BCUT2D eigenvalue weighted by molar-refractivity contribution is 6.04. The molecule has 2 N–H and O–H groups in total. The second-order valence-electron chi connectivity index (χ2n) is 6.72. The van der Waals surface area contributed by atoms with Crippen LogP contribution in [0.15, 0.2) is 43.0 Å². The van der Waals surface area contributed by atoms with Gasteiger partial charge in [-0.3, -0.25) is 9.48 Å². The fraction of sp³-hybridized carbons (Fsp3) is 0.211. The Morgan fingerprint density at radius 2 is 2.06 bits per heavy atom. The van der Waals surface area contributed by atoms with Gasteiger partial charge >= 0.3 is 12.2 Å². The number of rotatable bonds is 5. The Labute approximate surface area is 173 Å². The number of fused-ring (bicyclic) bond motifs is 1. The number of halogens is 3. The molecular formula is C19H16F3N7O2. The van der Waals surface area contributed by atoms with Crippen LogP contribution in [0, 0.1) is 0 Å². The Morgan fingerprint density at radius 3 is 2.77 bits per heavy atom. The first-order chi connectivity index (χ1) is 14.7. The molecule has 4 aromatic rings. The summed E-state index contributed by atoms with van der Waals surface area (Å²) >= 11 is 0. The number of ether oxygens (including phenoxy) is 1. The molecule has 0 bridgehead atoms. The monoisotopic (exact) mass is 431 g/mol. The van der Waals surface area contributed by atoms with Crippen molar-refractivity contribution in [3.05, 3.63) is 48.5 Å². The highest BCUT2D eigenvalue weighted by Gasteiger charge is 2.38. The van der Waals surface area contributed by atoms with Crippen LogP contribution >= 0.6 is 0 Å². The van der Waals surface area contributed by atoms with E-state index in [4.69, 9.17) is 4.74 Å². The number of amides is 1. The van der Waals surface area contributed by atoms with Gasteiger partial charge in [0, 0.05) is 37.1 Å². The maximum absolute atomic E-state index is 12.7. The largest absolute Gasteiger partial charge is 0.451 e. The van der Waals surface area contributed by atoms with Crippen molar-refractivity contribution in [3.8, 4) is 17.4 Å². The number of pyridine rings is 1. The summed E-state index contributed by atoms with van der Waals surface area (Å²) in [5, 5.41) is 7.35. The van der Waals surface area contributed by atoms with Crippen LogP contribution in [-0.4, -0.2) is 47.9 Å². The van der Waals surface area contributed by atoms with Gasteiger partial charge in [-0.2, -0.15) is 23.3 Å². The van der Waals surface area contributed by atoms with E-state index < -0.39 is 12.3 Å². The zero-order valence-electron chi connectivity index (χ0n) is 16.3. The molecule has 1 atom stereocenters. The van der Waals surface area contributed by atoms with Crippen LogP contribution < -0.4 is 10.1 Å². The van der Waals surface area contributed by atoms with Gasteiger partial charge in [-0.25, -0.2) is 9.97 Å². The van der Waals surface area contributed by atoms with Gasteiger partial charge in [-0.15, -0.1) is 0 Å². The number of aromatic nitrogens is 6. The Morgan fingerprint density at radius 1 is 1.26 bits per heavy atom. The third kappa shape index (κ3) is 4.47. The van der Waals surface area contributed by atoms with E-state index in [1.165, 1.54) is 23.1 Å². The van der Waals surface area contributed by atoms with Crippen LogP contribution in [0.1, 0.15) is 17.3 Å². The van der Waals surface area contributed by atoms with Crippen LogP contribution in [0.3, 0.4) is 0 Å². The first-order valence-corrected chi connectivity index (χ1v) is 9.04. The SMILES string of the molecule is CC(Oc1nccc(-c2cc3cnc(NC(=O)c4cnn(C)c4)cc3[nH]2)n1)C(F)(F)F. The summed E-state index contributed by atoms with van der Waals surface area (Å²) in [5.41, 5.74) is 1.91. The van der Waals surface area contributed by atoms with Crippen LogP contribution in [0.5, 0.6) is 6.01 Å². The number of alkyl halides is 3. The van der Waals surface area contributed by atoms with Gasteiger partial charge in [0.2, 0.25) is 0 Å². The smallest absolute Gasteiger partial charge is 0.425 e. The quantitative estimate of drug-likeness (QED) is 0.502. The summed E-state index contributed by atoms with van der Waals surface area (Å²) in [6, 6.07) is 4.52. The van der Waals surface area contributed by atoms with E-state index in [1.807, 2.05) is 0 Å². The standard InChI is InChI=1S/C19H16F3N7O2/c1-10(19(20,21)22)31-18-23-4-3-13(27-18)15-5-11-7-24-16(6-14(11)26-15)28-17(30)12-8-25-29(2)9-12/h3-10,26H,1-2H3,(H,24,28,30). The summed E-state index contributed by atoms with van der Waals surface area (Å²) in [6.07, 6.45) is -0.685. The first-order valence-electron chi connectivity index (χ1n) is 9.04. The number of carbonyl (C=O) groups excluding carboxylic acids is 1. The molecule has 0 fully saturated rings. The molecule has 160 valence electrons. The first kappa shape index (κ1) is 20.3. The third-order valence-corrected chi connectivity index (χ3v) is 4.37. The van der Waals surface area contributed by atoms with Gasteiger partial charge in [-0.1, -0.05) is 0 Å². The van der Waals surface area contributed by atoms with Gasteiger partial charge in [0.25, 0.3) is 5.91 Å². The molecule has 0 aromatic carbocycles. The van der Waals surface area contributed by atoms with Crippen LogP contribution in [-0.2, 0) is 7.05 Å². The molecule has 31 heavy (non-hydrogen) atoms. The Balaban J connectivity index is 1.56. The van der Waals surface area contributed by atoms with Crippen molar-refractivity contribution in [2.75, 3.05) is 5.32 Å². The van der Waals surface area contributed by atoms with Crippen molar-refractivity contribution in [1.82, 2.24) is 29.7 Å². The van der Waals surface area contributed by atoms with Gasteiger partial charge in [-0.05, 0) is 19.1 Å². The molecule has 0 aliphatic carbocycles. The van der Waals surface area contributed by atoms with E-state index in [9.17, 15) is 18.0 Å². The molecule has 4 rings (SSSR count). The molecule has 1 amide bonds. The average molecular weight is 431 g/mol. The summed E-state index contributed by atoms with van der Waals surface area (Å²) in [7, 11) is 1.70. The molecule has 0 radical (unpaired) electrons. The van der Waals surface area contributed by atoms with Gasteiger partial charge in [0.1, 0.15) is 5.82 Å². The van der Waals surface area contributed by atoms with Gasteiger partial charge in [0.05, 0.1) is 28.7 Å². The Kier molecular flexibility index (Phi) is 5.05. The molecule has 0 aliphatic heterocycles. The summed E-state index contributed by atoms with van der Waals surface area (Å²) in [6.45, 7) is 0.881. The number of carbonyl (C=O) groups is 1. The Hall–Kier alpha value is -3.96. The minimum absolute atomic E-state index is 0.320. The Bertz CT molecular complexity index is 1250. The topological polar surface area (TPSA) is 111 Å². The van der Waals surface area contributed by atoms with Crippen molar-refractivity contribution in [2.24, 2.45) is 7.05 Å². The predicted molar refractivity (Wildman–Crippen MR) is 104 cm³/mol. The van der Waals surface area contributed by atoms with Crippen molar-refractivity contribution >= 4 is 22.6 Å². The lowest BCUT2D eigenvalue weighted by molar-refractivity contribution is -0.190. The molecule has 1 unspecified atom stereocenters. The van der Waals surface area contributed by atoms with Gasteiger partial charge < -0.3 is 15.0 Å². The number of aromatic amines is 1. The van der Waals surface area contributed by atoms with Crippen LogP contribution in [0.25, 0.3) is 22.3 Å². The zero-order valence-corrected chi connectivity index (χ0v) is 16.3. The zero-order chi connectivity index (χ0) is 22.2. The van der Waals surface area contributed by atoms with E-state index in [-0.39, 0.29) is 11.9 Å². The molecule has 0 saturated carbocycles. The number of hydrogen-bond donors (Lipinski definition) is 2. The minimum Gasteiger partial charge on any atom is -0.451 e. The fourth-order valence-electron chi connectivity index (χ4n) is 2.73. The van der Waals surface area contributed by atoms with E-state index in [1.54, 1.807) is 31.6 Å². The molecule has 0 aliphatic rings. The van der Waals surface area contributed by atoms with E-state index in [0.717, 1.165) is 12.3 Å². The van der Waals surface area contributed by atoms with Crippen molar-refractivity contribution in [2.45, 2.75) is 19.2 Å². The molecule has 12 heteroatoms. The molecule has 4 aromatic heterocycles. The number of anilines is 1. The molecular weight excluding hydrogens is 415 g/mol. The molecule has 0 spiro atoms. The number of nitrogens with zero attached hydrogens (tertiary/aromatic N) is 5. The van der Waals surface area contributed by atoms with Crippen molar-refractivity contribution in [1.29, 1.82) is 0 Å². The van der Waals surface area contributed by atoms with Crippen LogP contribution in [0.4, 0.5) is 19.0 Å². The second kappa shape index (κ2) is 7.70. The highest BCUT2D eigenvalue weighted by Crippen LogP contribution is 2.26. The number of hydrogen-bond acceptors (Lipinski definition) is 6. The van der Waals surface area contributed by atoms with E-state index in [2.05, 4.69) is 30.4 Å². The number of aryl methyl sites for hydroxylation is 1. The normalized spacial score (nSPS) is 12.7. The van der Waals surface area contributed by atoms with E-state index >= 15 is 0 Å². The highest BCUT2D eigenvalue weighted by atomic mass is 19.4. The number of H-pyrrole nitrogens is 1. The predicted octanol–water partition coefficient (Wildman–Crippen LogP) is 3.34. The van der Waals surface area contributed by atoms with Crippen molar-refractivity contribution in [3.63, 3.8) is 0 Å². The third-order valence-electron chi connectivity index (χ3n) is 4.37. The summed E-state index contributed by atoms with van der Waals surface area (Å²) in [5.74, 6) is -0.0384. The fourth-order valence-corrected chi connectivity index (χ4v) is 2.73. The van der Waals surface area contributed by atoms with E-state index in [0.29, 0.717) is 28.3 Å². The summed E-state index contributed by atoms with van der Waals surface area (Å²) < 4.78 is 44.4. The number of nitrogens with one attached hydrogen (secondary N) is 2. The van der Waals surface area contributed by atoms with Crippen molar-refractivity contribution < 1.29 is 22.7 Å². The maximum atomic E-state index is 12.7. The lowest BCUT2D eigenvalue weighted by Gasteiger charge is -2.16. The second-order valence-corrected chi connectivity index (χ2v) is 6.72. The molecule has 0 saturated heterocycles. The van der Waals surface area contributed by atoms with Crippen LogP contribution in [0.2, 0.25) is 0 Å².